The predicted octanol–water partition coefficient (Wildman–Crippen LogP) is 2.24. The smallest absolute Gasteiger partial charge is 0.308 e. The van der Waals surface area contributed by atoms with Gasteiger partial charge in [-0.3, -0.25) is 24.0 Å². The first kappa shape index (κ1) is 19.0. The van der Waals surface area contributed by atoms with Gasteiger partial charge in [-0.1, -0.05) is 24.3 Å². The molecular formula is C20H14O8. The van der Waals surface area contributed by atoms with Gasteiger partial charge in [0.1, 0.15) is 0 Å². The minimum absolute atomic E-state index is 0.113. The zero-order valence-corrected chi connectivity index (χ0v) is 15.2. The molecule has 0 aromatic heterocycles. The number of hydrogen-bond donors (Lipinski definition) is 0. The van der Waals surface area contributed by atoms with Crippen molar-refractivity contribution in [3.8, 4) is 17.2 Å². The highest BCUT2D eigenvalue weighted by Crippen LogP contribution is 2.46. The summed E-state index contributed by atoms with van der Waals surface area (Å²) in [5.41, 5.74) is -0.108. The summed E-state index contributed by atoms with van der Waals surface area (Å²) in [4.78, 5) is 60.6. The summed E-state index contributed by atoms with van der Waals surface area (Å²) in [7, 11) is 0. The van der Waals surface area contributed by atoms with Crippen molar-refractivity contribution in [2.75, 3.05) is 0 Å². The Balaban J connectivity index is 2.38. The molecule has 1 aliphatic carbocycles. The molecule has 0 fully saturated rings. The zero-order chi connectivity index (χ0) is 20.6. The van der Waals surface area contributed by atoms with Crippen molar-refractivity contribution >= 4 is 29.5 Å². The number of ether oxygens (including phenoxy) is 3. The Hall–Kier alpha value is -3.81. The van der Waals surface area contributed by atoms with Crippen LogP contribution in [0.4, 0.5) is 0 Å². The third-order valence-corrected chi connectivity index (χ3v) is 3.84. The second-order valence-electron chi connectivity index (χ2n) is 5.94. The van der Waals surface area contributed by atoms with E-state index in [-0.39, 0.29) is 28.0 Å². The lowest BCUT2D eigenvalue weighted by Gasteiger charge is -2.22. The first-order valence-corrected chi connectivity index (χ1v) is 8.15. The molecule has 0 saturated heterocycles. The highest BCUT2D eigenvalue weighted by molar-refractivity contribution is 6.30. The van der Waals surface area contributed by atoms with Crippen molar-refractivity contribution in [2.24, 2.45) is 0 Å². The van der Waals surface area contributed by atoms with E-state index in [4.69, 9.17) is 14.2 Å². The lowest BCUT2D eigenvalue weighted by Crippen LogP contribution is -2.24. The molecule has 1 aliphatic rings. The van der Waals surface area contributed by atoms with Crippen LogP contribution in [-0.2, 0) is 14.4 Å². The van der Waals surface area contributed by atoms with E-state index >= 15 is 0 Å². The van der Waals surface area contributed by atoms with Gasteiger partial charge in [0.2, 0.25) is 5.75 Å². The topological polar surface area (TPSA) is 113 Å². The van der Waals surface area contributed by atoms with Gasteiger partial charge in [-0.25, -0.2) is 0 Å². The fourth-order valence-corrected chi connectivity index (χ4v) is 2.89. The van der Waals surface area contributed by atoms with Gasteiger partial charge in [0.15, 0.2) is 23.1 Å². The maximum atomic E-state index is 13.0. The SMILES string of the molecule is CC(=O)Oc1cc2c(c(OC(C)=O)c1OC(C)=O)C(=O)c1ccccc1C2=O. The molecule has 2 aromatic carbocycles. The Labute approximate surface area is 159 Å². The van der Waals surface area contributed by atoms with Crippen molar-refractivity contribution < 1.29 is 38.2 Å². The Bertz CT molecular complexity index is 1060. The molecular weight excluding hydrogens is 368 g/mol. The van der Waals surface area contributed by atoms with Crippen LogP contribution in [0.1, 0.15) is 52.6 Å². The predicted molar refractivity (Wildman–Crippen MR) is 93.7 cm³/mol. The molecule has 142 valence electrons. The third-order valence-electron chi connectivity index (χ3n) is 3.84. The van der Waals surface area contributed by atoms with Crippen LogP contribution in [0.25, 0.3) is 0 Å². The van der Waals surface area contributed by atoms with Crippen molar-refractivity contribution in [3.05, 3.63) is 52.6 Å². The normalized spacial score (nSPS) is 12.0. The van der Waals surface area contributed by atoms with Crippen LogP contribution in [0.5, 0.6) is 17.2 Å². The Morgan fingerprint density at radius 2 is 1.18 bits per heavy atom. The summed E-state index contributed by atoms with van der Waals surface area (Å²) in [5.74, 6) is -4.73. The summed E-state index contributed by atoms with van der Waals surface area (Å²) in [5, 5.41) is 0. The summed E-state index contributed by atoms with van der Waals surface area (Å²) >= 11 is 0. The number of ketones is 2. The van der Waals surface area contributed by atoms with Gasteiger partial charge in [0.25, 0.3) is 0 Å². The third kappa shape index (κ3) is 3.27. The lowest BCUT2D eigenvalue weighted by atomic mass is 9.83. The second-order valence-corrected chi connectivity index (χ2v) is 5.94. The van der Waals surface area contributed by atoms with E-state index in [0.29, 0.717) is 0 Å². The van der Waals surface area contributed by atoms with Gasteiger partial charge in [0.05, 0.1) is 5.56 Å². The summed E-state index contributed by atoms with van der Waals surface area (Å²) in [6, 6.07) is 7.25. The molecule has 8 heteroatoms. The average molecular weight is 382 g/mol. The van der Waals surface area contributed by atoms with Gasteiger partial charge in [0, 0.05) is 37.5 Å². The Morgan fingerprint density at radius 1 is 0.679 bits per heavy atom. The molecule has 0 aliphatic heterocycles. The molecule has 28 heavy (non-hydrogen) atoms. The van der Waals surface area contributed by atoms with Crippen molar-refractivity contribution in [1.82, 2.24) is 0 Å². The number of carbonyl (C=O) groups excluding carboxylic acids is 5. The molecule has 2 aromatic rings. The largest absolute Gasteiger partial charge is 0.423 e. The summed E-state index contributed by atoms with van der Waals surface area (Å²) in [6.45, 7) is 3.26. The van der Waals surface area contributed by atoms with Crippen LogP contribution in [0.2, 0.25) is 0 Å². The van der Waals surface area contributed by atoms with Crippen LogP contribution >= 0.6 is 0 Å². The average Bonchev–Trinajstić information content (AvgIpc) is 2.61. The van der Waals surface area contributed by atoms with Gasteiger partial charge < -0.3 is 14.2 Å². The highest BCUT2D eigenvalue weighted by atomic mass is 16.6. The molecule has 0 atom stereocenters. The number of fused-ring (bicyclic) bond motifs is 2. The van der Waals surface area contributed by atoms with E-state index in [0.717, 1.165) is 26.8 Å². The van der Waals surface area contributed by atoms with E-state index in [1.165, 1.54) is 12.1 Å². The van der Waals surface area contributed by atoms with Crippen LogP contribution in [-0.4, -0.2) is 29.5 Å². The number of esters is 3. The minimum atomic E-state index is -0.824. The molecule has 0 N–H and O–H groups in total. The van der Waals surface area contributed by atoms with E-state index in [1.807, 2.05) is 0 Å². The Kier molecular flexibility index (Phi) is 4.79. The molecule has 3 rings (SSSR count). The number of carbonyl (C=O) groups is 5. The number of hydrogen-bond acceptors (Lipinski definition) is 8. The van der Waals surface area contributed by atoms with E-state index in [9.17, 15) is 24.0 Å². The van der Waals surface area contributed by atoms with Crippen molar-refractivity contribution in [3.63, 3.8) is 0 Å². The maximum absolute atomic E-state index is 13.0. The first-order chi connectivity index (χ1) is 13.2. The minimum Gasteiger partial charge on any atom is -0.423 e. The van der Waals surface area contributed by atoms with Crippen molar-refractivity contribution in [1.29, 1.82) is 0 Å². The molecule has 0 heterocycles. The lowest BCUT2D eigenvalue weighted by molar-refractivity contribution is -0.135. The van der Waals surface area contributed by atoms with Crippen molar-refractivity contribution in [2.45, 2.75) is 20.8 Å². The maximum Gasteiger partial charge on any atom is 0.308 e. The fourth-order valence-electron chi connectivity index (χ4n) is 2.89. The van der Waals surface area contributed by atoms with E-state index in [2.05, 4.69) is 0 Å². The van der Waals surface area contributed by atoms with E-state index < -0.39 is 41.0 Å². The monoisotopic (exact) mass is 382 g/mol. The number of benzene rings is 2. The van der Waals surface area contributed by atoms with Gasteiger partial charge in [-0.15, -0.1) is 0 Å². The molecule has 0 saturated carbocycles. The van der Waals surface area contributed by atoms with Crippen LogP contribution in [0, 0.1) is 0 Å². The second kappa shape index (κ2) is 7.07. The Morgan fingerprint density at radius 3 is 1.71 bits per heavy atom. The summed E-state index contributed by atoms with van der Waals surface area (Å²) in [6.07, 6.45) is 0. The molecule has 8 nitrogen and oxygen atoms in total. The van der Waals surface area contributed by atoms with Gasteiger partial charge in [-0.2, -0.15) is 0 Å². The molecule has 0 amide bonds. The fraction of sp³-hybridized carbons (Fsp3) is 0.150. The number of rotatable bonds is 3. The quantitative estimate of drug-likeness (QED) is 0.501. The molecule has 0 unspecified atom stereocenters. The highest BCUT2D eigenvalue weighted by Gasteiger charge is 2.37. The summed E-state index contributed by atoms with van der Waals surface area (Å²) < 4.78 is 15.2. The molecule has 0 radical (unpaired) electrons. The standard InChI is InChI=1S/C20H14O8/c1-9(21)26-15-8-14-16(20(28-11(3)23)19(15)27-10(2)22)18(25)13-7-5-4-6-12(13)17(14)24/h4-8H,1-3H3. The van der Waals surface area contributed by atoms with E-state index in [1.54, 1.807) is 12.1 Å². The van der Waals surface area contributed by atoms with Crippen LogP contribution in [0.3, 0.4) is 0 Å². The molecule has 0 bridgehead atoms. The van der Waals surface area contributed by atoms with Crippen LogP contribution < -0.4 is 14.2 Å². The zero-order valence-electron chi connectivity index (χ0n) is 15.2. The molecule has 0 spiro atoms. The van der Waals surface area contributed by atoms with Gasteiger partial charge in [-0.05, 0) is 6.07 Å². The first-order valence-electron chi connectivity index (χ1n) is 8.15. The van der Waals surface area contributed by atoms with Crippen LogP contribution in [0.15, 0.2) is 30.3 Å². The van der Waals surface area contributed by atoms with Gasteiger partial charge >= 0.3 is 17.9 Å².